The van der Waals surface area contributed by atoms with Crippen molar-refractivity contribution in [1.29, 1.82) is 0 Å². The fraction of sp³-hybridized carbons (Fsp3) is 0.304. The number of nitrogens with one attached hydrogen (secondary N) is 2. The topological polar surface area (TPSA) is 110 Å². The Morgan fingerprint density at radius 1 is 1.16 bits per heavy atom. The monoisotopic (exact) mass is 431 g/mol. The van der Waals surface area contributed by atoms with Crippen LogP contribution in [0.15, 0.2) is 47.4 Å². The highest BCUT2D eigenvalue weighted by atomic mass is 16.3. The van der Waals surface area contributed by atoms with Gasteiger partial charge in [-0.05, 0) is 56.2 Å². The Hall–Kier alpha value is -3.56. The molecule has 3 aromatic heterocycles. The highest BCUT2D eigenvalue weighted by molar-refractivity contribution is 5.77. The Labute approximate surface area is 184 Å². The fourth-order valence-corrected chi connectivity index (χ4v) is 3.99. The summed E-state index contributed by atoms with van der Waals surface area (Å²) in [6, 6.07) is 11.5. The molecular weight excluding hydrogens is 406 g/mol. The van der Waals surface area contributed by atoms with Crippen LogP contribution >= 0.6 is 0 Å². The Morgan fingerprint density at radius 2 is 1.97 bits per heavy atom. The molecule has 0 atom stereocenters. The number of hydrogen-bond acceptors (Lipinski definition) is 7. The molecule has 0 unspecified atom stereocenters. The lowest BCUT2D eigenvalue weighted by molar-refractivity contribution is 0.0738. The van der Waals surface area contributed by atoms with Gasteiger partial charge < -0.3 is 15.7 Å². The summed E-state index contributed by atoms with van der Waals surface area (Å²) in [4.78, 5) is 26.6. The first kappa shape index (κ1) is 20.3. The van der Waals surface area contributed by atoms with Crippen molar-refractivity contribution in [3.05, 3.63) is 69.8 Å². The van der Waals surface area contributed by atoms with Crippen molar-refractivity contribution in [2.24, 2.45) is 0 Å². The van der Waals surface area contributed by atoms with Crippen LogP contribution in [0.5, 0.6) is 0 Å². The van der Waals surface area contributed by atoms with E-state index in [0.717, 1.165) is 18.8 Å². The Bertz CT molecular complexity index is 1380. The second-order valence-electron chi connectivity index (χ2n) is 8.42. The van der Waals surface area contributed by atoms with Crippen molar-refractivity contribution >= 4 is 22.7 Å². The van der Waals surface area contributed by atoms with Crippen LogP contribution in [0.1, 0.15) is 37.6 Å². The van der Waals surface area contributed by atoms with Crippen LogP contribution in [0, 0.1) is 0 Å². The Balaban J connectivity index is 1.62. The van der Waals surface area contributed by atoms with E-state index in [1.54, 1.807) is 41.5 Å². The van der Waals surface area contributed by atoms with Crippen LogP contribution in [-0.4, -0.2) is 29.4 Å². The highest BCUT2D eigenvalue weighted by Crippen LogP contribution is 2.24. The molecule has 9 heteroatoms. The standard InChI is InChI=1S/C23H25N7O2/c1-4-29-21(31)17-13-25-22(26-16-9-8-14-11-24-12-15(14)10-16)28-20(17)30(29)19-7-5-6-18(27-19)23(2,3)32/h5-10,13,24,32H,4,11-12H2,1-3H3,(H,25,26,28). The summed E-state index contributed by atoms with van der Waals surface area (Å²) in [6.45, 7) is 7.40. The summed E-state index contributed by atoms with van der Waals surface area (Å²) >= 11 is 0. The zero-order valence-corrected chi connectivity index (χ0v) is 18.3. The van der Waals surface area contributed by atoms with Gasteiger partial charge in [-0.1, -0.05) is 12.1 Å². The van der Waals surface area contributed by atoms with Crippen LogP contribution in [0.4, 0.5) is 11.6 Å². The molecule has 0 bridgehead atoms. The lowest BCUT2D eigenvalue weighted by atomic mass is 10.1. The number of benzene rings is 1. The molecule has 0 saturated heterocycles. The highest BCUT2D eigenvalue weighted by Gasteiger charge is 2.21. The maximum atomic E-state index is 13.0. The molecule has 1 aromatic carbocycles. The van der Waals surface area contributed by atoms with Crippen LogP contribution < -0.4 is 16.2 Å². The number of aromatic nitrogens is 5. The molecule has 0 saturated carbocycles. The van der Waals surface area contributed by atoms with E-state index >= 15 is 0 Å². The number of hydrogen-bond donors (Lipinski definition) is 3. The second-order valence-corrected chi connectivity index (χ2v) is 8.42. The molecule has 3 N–H and O–H groups in total. The van der Waals surface area contributed by atoms with Gasteiger partial charge in [0.2, 0.25) is 5.95 Å². The van der Waals surface area contributed by atoms with Crippen molar-refractivity contribution in [1.82, 2.24) is 29.6 Å². The third kappa shape index (κ3) is 3.45. The molecule has 1 aliphatic heterocycles. The van der Waals surface area contributed by atoms with Gasteiger partial charge in [-0.25, -0.2) is 19.3 Å². The molecule has 0 fully saturated rings. The lowest BCUT2D eigenvalue weighted by Gasteiger charge is -2.18. The molecule has 0 amide bonds. The third-order valence-electron chi connectivity index (χ3n) is 5.65. The molecule has 4 heterocycles. The quantitative estimate of drug-likeness (QED) is 0.445. The summed E-state index contributed by atoms with van der Waals surface area (Å²) in [5.74, 6) is 0.899. The average molecular weight is 432 g/mol. The SMILES string of the molecule is CCn1c(=O)c2cnc(Nc3ccc4c(c3)CNC4)nc2n1-c1cccc(C(C)(C)O)n1. The predicted molar refractivity (Wildman–Crippen MR) is 122 cm³/mol. The third-order valence-corrected chi connectivity index (χ3v) is 5.65. The predicted octanol–water partition coefficient (Wildman–Crippen LogP) is 2.57. The van der Waals surface area contributed by atoms with Crippen LogP contribution in [0.3, 0.4) is 0 Å². The van der Waals surface area contributed by atoms with E-state index < -0.39 is 5.60 Å². The minimum atomic E-state index is -1.11. The van der Waals surface area contributed by atoms with Gasteiger partial charge in [0.15, 0.2) is 11.5 Å². The zero-order chi connectivity index (χ0) is 22.5. The zero-order valence-electron chi connectivity index (χ0n) is 18.3. The number of nitrogens with zero attached hydrogens (tertiary/aromatic N) is 5. The molecule has 32 heavy (non-hydrogen) atoms. The van der Waals surface area contributed by atoms with Gasteiger partial charge in [0, 0.05) is 31.5 Å². The molecule has 9 nitrogen and oxygen atoms in total. The van der Waals surface area contributed by atoms with Gasteiger partial charge in [0.25, 0.3) is 5.56 Å². The number of aliphatic hydroxyl groups is 1. The van der Waals surface area contributed by atoms with E-state index in [0.29, 0.717) is 35.0 Å². The molecule has 1 aliphatic rings. The van der Waals surface area contributed by atoms with Crippen molar-refractivity contribution < 1.29 is 5.11 Å². The summed E-state index contributed by atoms with van der Waals surface area (Å²) < 4.78 is 3.26. The second kappa shape index (κ2) is 7.54. The molecule has 5 rings (SSSR count). The number of pyridine rings is 1. The van der Waals surface area contributed by atoms with Gasteiger partial charge in [-0.2, -0.15) is 4.98 Å². The van der Waals surface area contributed by atoms with E-state index in [4.69, 9.17) is 0 Å². The van der Waals surface area contributed by atoms with Gasteiger partial charge in [0.05, 0.1) is 5.69 Å². The van der Waals surface area contributed by atoms with E-state index in [2.05, 4.69) is 37.7 Å². The molecule has 164 valence electrons. The van der Waals surface area contributed by atoms with E-state index in [1.165, 1.54) is 11.1 Å². The molecule has 0 aliphatic carbocycles. The van der Waals surface area contributed by atoms with Crippen molar-refractivity contribution in [3.8, 4) is 5.82 Å². The molecule has 0 radical (unpaired) electrons. The van der Waals surface area contributed by atoms with Crippen molar-refractivity contribution in [3.63, 3.8) is 0 Å². The summed E-state index contributed by atoms with van der Waals surface area (Å²) in [7, 11) is 0. The average Bonchev–Trinajstić information content (AvgIpc) is 3.34. The first-order valence-corrected chi connectivity index (χ1v) is 10.6. The number of fused-ring (bicyclic) bond motifs is 2. The van der Waals surface area contributed by atoms with E-state index in [9.17, 15) is 9.90 Å². The maximum Gasteiger partial charge on any atom is 0.278 e. The van der Waals surface area contributed by atoms with Gasteiger partial charge in [-0.15, -0.1) is 0 Å². The van der Waals surface area contributed by atoms with Gasteiger partial charge >= 0.3 is 0 Å². The Kier molecular flexibility index (Phi) is 4.79. The van der Waals surface area contributed by atoms with Crippen molar-refractivity contribution in [2.45, 2.75) is 46.0 Å². The van der Waals surface area contributed by atoms with Gasteiger partial charge in [0.1, 0.15) is 11.0 Å². The number of anilines is 2. The largest absolute Gasteiger partial charge is 0.384 e. The first-order chi connectivity index (χ1) is 15.3. The van der Waals surface area contributed by atoms with Crippen LogP contribution in [-0.2, 0) is 25.2 Å². The summed E-state index contributed by atoms with van der Waals surface area (Å²) in [6.07, 6.45) is 1.55. The van der Waals surface area contributed by atoms with E-state index in [1.807, 2.05) is 19.1 Å². The van der Waals surface area contributed by atoms with Crippen molar-refractivity contribution in [2.75, 3.05) is 5.32 Å². The number of rotatable bonds is 5. The first-order valence-electron chi connectivity index (χ1n) is 10.6. The molecule has 4 aromatic rings. The summed E-state index contributed by atoms with van der Waals surface area (Å²) in [5.41, 5.74) is 3.09. The normalized spacial score (nSPS) is 13.5. The maximum absolute atomic E-state index is 13.0. The van der Waals surface area contributed by atoms with Gasteiger partial charge in [-0.3, -0.25) is 4.79 Å². The minimum absolute atomic E-state index is 0.187. The minimum Gasteiger partial charge on any atom is -0.384 e. The smallest absolute Gasteiger partial charge is 0.278 e. The fourth-order valence-electron chi connectivity index (χ4n) is 3.99. The molecular formula is C23H25N7O2. The van der Waals surface area contributed by atoms with Crippen LogP contribution in [0.2, 0.25) is 0 Å². The molecule has 0 spiro atoms. The van der Waals surface area contributed by atoms with Crippen LogP contribution in [0.25, 0.3) is 16.9 Å². The Morgan fingerprint density at radius 3 is 2.75 bits per heavy atom. The lowest BCUT2D eigenvalue weighted by Crippen LogP contribution is -2.23. The van der Waals surface area contributed by atoms with E-state index in [-0.39, 0.29) is 5.56 Å². The summed E-state index contributed by atoms with van der Waals surface area (Å²) in [5, 5.41) is 17.4.